The molecule has 0 amide bonds. The molecule has 3 aromatic heterocycles. The Labute approximate surface area is 157 Å². The van der Waals surface area contributed by atoms with E-state index < -0.39 is 0 Å². The minimum absolute atomic E-state index is 0.00370. The second-order valence-corrected chi connectivity index (χ2v) is 6.91. The first-order chi connectivity index (χ1) is 13.3. The molecule has 0 saturated carbocycles. The Morgan fingerprint density at radius 1 is 1.00 bits per heavy atom. The minimum atomic E-state index is 0.00370. The molecule has 0 atom stereocenters. The van der Waals surface area contributed by atoms with Gasteiger partial charge in [-0.05, 0) is 44.0 Å². The molecule has 27 heavy (non-hydrogen) atoms. The number of nitrogens with zero attached hydrogens (tertiary/aromatic N) is 7. The largest absolute Gasteiger partial charge is 0.301 e. The summed E-state index contributed by atoms with van der Waals surface area (Å²) < 4.78 is 1.73. The van der Waals surface area contributed by atoms with Crippen LogP contribution in [0.25, 0.3) is 11.3 Å². The summed E-state index contributed by atoms with van der Waals surface area (Å²) in [4.78, 5) is 25.1. The molecule has 0 spiro atoms. The first-order valence-electron chi connectivity index (χ1n) is 9.31. The lowest BCUT2D eigenvalue weighted by atomic mass is 9.96. The highest BCUT2D eigenvalue weighted by Crippen LogP contribution is 2.19. The Bertz CT molecular complexity index is 899. The van der Waals surface area contributed by atoms with Gasteiger partial charge in [0.1, 0.15) is 0 Å². The predicted octanol–water partition coefficient (Wildman–Crippen LogP) is 1.31. The van der Waals surface area contributed by atoms with Gasteiger partial charge < -0.3 is 4.90 Å². The zero-order chi connectivity index (χ0) is 18.5. The molecule has 1 saturated heterocycles. The van der Waals surface area contributed by atoms with E-state index in [1.807, 2.05) is 12.1 Å². The molecule has 0 N–H and O–H groups in total. The molecule has 0 radical (unpaired) electrons. The van der Waals surface area contributed by atoms with Gasteiger partial charge in [-0.2, -0.15) is 15.0 Å². The molecule has 0 aromatic carbocycles. The molecule has 0 aliphatic carbocycles. The van der Waals surface area contributed by atoms with Crippen LogP contribution in [0.2, 0.25) is 0 Å². The van der Waals surface area contributed by atoms with Crippen molar-refractivity contribution in [2.75, 3.05) is 19.6 Å². The Kier molecular flexibility index (Phi) is 5.34. The Balaban J connectivity index is 1.30. The zero-order valence-corrected chi connectivity index (χ0v) is 15.2. The summed E-state index contributed by atoms with van der Waals surface area (Å²) in [5, 5.41) is 8.28. The topological polar surface area (TPSA) is 81.7 Å². The van der Waals surface area contributed by atoms with Crippen LogP contribution in [0.3, 0.4) is 0 Å². The van der Waals surface area contributed by atoms with E-state index >= 15 is 0 Å². The quantitative estimate of drug-likeness (QED) is 0.655. The van der Waals surface area contributed by atoms with Crippen LogP contribution >= 0.6 is 0 Å². The highest BCUT2D eigenvalue weighted by atomic mass is 16.1. The Hall–Kier alpha value is -2.87. The fourth-order valence-corrected chi connectivity index (χ4v) is 3.50. The van der Waals surface area contributed by atoms with Crippen LogP contribution in [0.15, 0.2) is 54.1 Å². The van der Waals surface area contributed by atoms with Crippen LogP contribution in [0, 0.1) is 5.92 Å². The Morgan fingerprint density at radius 3 is 2.44 bits per heavy atom. The van der Waals surface area contributed by atoms with Crippen LogP contribution in [0.5, 0.6) is 0 Å². The number of hydrogen-bond donors (Lipinski definition) is 0. The lowest BCUT2D eigenvalue weighted by molar-refractivity contribution is 0.164. The molecule has 1 aliphatic rings. The van der Waals surface area contributed by atoms with E-state index in [-0.39, 0.29) is 5.56 Å². The van der Waals surface area contributed by atoms with Crippen molar-refractivity contribution < 1.29 is 0 Å². The number of hydrogen-bond acceptors (Lipinski definition) is 6. The lowest BCUT2D eigenvalue weighted by Crippen LogP contribution is -2.38. The van der Waals surface area contributed by atoms with Gasteiger partial charge in [0, 0.05) is 37.1 Å². The van der Waals surface area contributed by atoms with Crippen molar-refractivity contribution in [3.63, 3.8) is 0 Å². The summed E-state index contributed by atoms with van der Waals surface area (Å²) in [7, 11) is 0. The molecule has 1 fully saturated rings. The van der Waals surface area contributed by atoms with Gasteiger partial charge in [0.25, 0.3) is 5.56 Å². The first-order valence-corrected chi connectivity index (χ1v) is 9.31. The van der Waals surface area contributed by atoms with Gasteiger partial charge in [-0.3, -0.25) is 14.3 Å². The van der Waals surface area contributed by atoms with Crippen LogP contribution in [0.4, 0.5) is 0 Å². The summed E-state index contributed by atoms with van der Waals surface area (Å²) in [6, 6.07) is 5.34. The molecule has 1 aliphatic heterocycles. The molecule has 8 nitrogen and oxygen atoms in total. The standard InChI is InChI=1S/C19H23N7O/c27-19-13-18(17-1-5-20-6-2-17)21-15-25(19)14-16-3-9-24(10-4-16)11-12-26-22-7-8-23-26/h1-2,5-8,13,15-16H,3-4,9-12,14H2. The highest BCUT2D eigenvalue weighted by molar-refractivity contribution is 5.57. The number of aromatic nitrogens is 6. The average molecular weight is 365 g/mol. The number of likely N-dealkylation sites (tertiary alicyclic amines) is 1. The number of pyridine rings is 1. The van der Waals surface area contributed by atoms with Crippen molar-refractivity contribution in [2.45, 2.75) is 25.9 Å². The van der Waals surface area contributed by atoms with E-state index in [1.54, 1.807) is 46.5 Å². The predicted molar refractivity (Wildman–Crippen MR) is 101 cm³/mol. The third-order valence-corrected chi connectivity index (χ3v) is 5.10. The zero-order valence-electron chi connectivity index (χ0n) is 15.2. The fraction of sp³-hybridized carbons (Fsp3) is 0.421. The van der Waals surface area contributed by atoms with Crippen LogP contribution in [0.1, 0.15) is 12.8 Å². The molecular weight excluding hydrogens is 342 g/mol. The molecule has 4 heterocycles. The summed E-state index contributed by atoms with van der Waals surface area (Å²) in [5.74, 6) is 0.510. The van der Waals surface area contributed by atoms with Crippen molar-refractivity contribution in [2.24, 2.45) is 5.92 Å². The van der Waals surface area contributed by atoms with E-state index in [2.05, 4.69) is 25.1 Å². The lowest BCUT2D eigenvalue weighted by Gasteiger charge is -2.31. The van der Waals surface area contributed by atoms with Gasteiger partial charge in [-0.15, -0.1) is 0 Å². The van der Waals surface area contributed by atoms with Gasteiger partial charge in [0.05, 0.1) is 31.0 Å². The van der Waals surface area contributed by atoms with Crippen molar-refractivity contribution in [3.05, 3.63) is 59.7 Å². The summed E-state index contributed by atoms with van der Waals surface area (Å²) in [5.41, 5.74) is 1.61. The van der Waals surface area contributed by atoms with E-state index in [9.17, 15) is 4.79 Å². The average Bonchev–Trinajstić information content (AvgIpc) is 3.23. The highest BCUT2D eigenvalue weighted by Gasteiger charge is 2.20. The van der Waals surface area contributed by atoms with Gasteiger partial charge in [0.2, 0.25) is 0 Å². The molecule has 0 bridgehead atoms. The summed E-state index contributed by atoms with van der Waals surface area (Å²) >= 11 is 0. The van der Waals surface area contributed by atoms with Crippen molar-refractivity contribution in [3.8, 4) is 11.3 Å². The second kappa shape index (κ2) is 8.22. The smallest absolute Gasteiger partial charge is 0.253 e. The number of rotatable bonds is 6. The molecule has 0 unspecified atom stereocenters. The normalized spacial score (nSPS) is 15.9. The maximum Gasteiger partial charge on any atom is 0.253 e. The van der Waals surface area contributed by atoms with Crippen molar-refractivity contribution in [1.82, 2.24) is 34.4 Å². The van der Waals surface area contributed by atoms with E-state index in [0.717, 1.165) is 51.1 Å². The van der Waals surface area contributed by atoms with E-state index in [0.29, 0.717) is 11.6 Å². The van der Waals surface area contributed by atoms with Crippen molar-refractivity contribution in [1.29, 1.82) is 0 Å². The molecule has 3 aromatic rings. The summed E-state index contributed by atoms with van der Waals surface area (Å²) in [6.45, 7) is 4.60. The van der Waals surface area contributed by atoms with Crippen LogP contribution < -0.4 is 5.56 Å². The SMILES string of the molecule is O=c1cc(-c2ccncc2)ncn1CC1CCN(CCn2nccn2)CC1. The molecule has 8 heteroatoms. The van der Waals surface area contributed by atoms with Gasteiger partial charge in [-0.25, -0.2) is 4.98 Å². The van der Waals surface area contributed by atoms with Crippen LogP contribution in [-0.2, 0) is 13.1 Å². The summed E-state index contributed by atoms with van der Waals surface area (Å²) in [6.07, 6.45) is 10.7. The van der Waals surface area contributed by atoms with E-state index in [1.165, 1.54) is 0 Å². The van der Waals surface area contributed by atoms with Crippen LogP contribution in [-0.4, -0.2) is 54.1 Å². The van der Waals surface area contributed by atoms with Gasteiger partial charge in [-0.1, -0.05) is 0 Å². The van der Waals surface area contributed by atoms with Crippen molar-refractivity contribution >= 4 is 0 Å². The van der Waals surface area contributed by atoms with Gasteiger partial charge in [0.15, 0.2) is 0 Å². The maximum absolute atomic E-state index is 12.5. The Morgan fingerprint density at radius 2 is 1.74 bits per heavy atom. The third kappa shape index (κ3) is 4.46. The van der Waals surface area contributed by atoms with E-state index in [4.69, 9.17) is 0 Å². The second-order valence-electron chi connectivity index (χ2n) is 6.91. The molecule has 140 valence electrons. The number of piperidine rings is 1. The minimum Gasteiger partial charge on any atom is -0.301 e. The fourth-order valence-electron chi connectivity index (χ4n) is 3.50. The molecular formula is C19H23N7O. The third-order valence-electron chi connectivity index (χ3n) is 5.10. The monoisotopic (exact) mass is 365 g/mol. The first kappa shape index (κ1) is 17.5. The van der Waals surface area contributed by atoms with Gasteiger partial charge >= 0.3 is 0 Å². The molecule has 4 rings (SSSR count). The maximum atomic E-state index is 12.5.